The van der Waals surface area contributed by atoms with Crippen molar-refractivity contribution in [2.75, 3.05) is 46.3 Å². The predicted molar refractivity (Wildman–Crippen MR) is 115 cm³/mol. The van der Waals surface area contributed by atoms with Crippen LogP contribution in [0.25, 0.3) is 0 Å². The van der Waals surface area contributed by atoms with Crippen LogP contribution in [0.4, 0.5) is 4.79 Å². The number of hydrogen-bond acceptors (Lipinski definition) is 3. The summed E-state index contributed by atoms with van der Waals surface area (Å²) in [5, 5.41) is 3.12. The molecule has 2 fully saturated rings. The van der Waals surface area contributed by atoms with Gasteiger partial charge in [-0.2, -0.15) is 0 Å². The average Bonchev–Trinajstić information content (AvgIpc) is 2.73. The maximum atomic E-state index is 12.4. The Balaban J connectivity index is 1.26. The van der Waals surface area contributed by atoms with Crippen molar-refractivity contribution in [1.82, 2.24) is 20.0 Å². The van der Waals surface area contributed by atoms with E-state index in [1.54, 1.807) is 0 Å². The van der Waals surface area contributed by atoms with E-state index in [0.29, 0.717) is 6.04 Å². The smallest absolute Gasteiger partial charge is 0.317 e. The van der Waals surface area contributed by atoms with Crippen molar-refractivity contribution in [3.05, 3.63) is 35.9 Å². The number of carbonyl (C=O) groups is 1. The summed E-state index contributed by atoms with van der Waals surface area (Å²) in [6, 6.07) is 11.3. The Labute approximate surface area is 171 Å². The SMILES string of the molecule is CC1CCC(N(C)C(=O)NCCCN2CCN(Cc3ccccc3)CC2)CC1. The molecule has 1 aliphatic carbocycles. The van der Waals surface area contributed by atoms with E-state index in [4.69, 9.17) is 0 Å². The van der Waals surface area contributed by atoms with Gasteiger partial charge in [-0.3, -0.25) is 4.90 Å². The third-order valence-electron chi connectivity index (χ3n) is 6.49. The van der Waals surface area contributed by atoms with Crippen LogP contribution in [0, 0.1) is 5.92 Å². The Hall–Kier alpha value is -1.59. The molecule has 1 aromatic rings. The van der Waals surface area contributed by atoms with Gasteiger partial charge in [0.05, 0.1) is 0 Å². The molecule has 1 heterocycles. The molecule has 0 atom stereocenters. The second-order valence-corrected chi connectivity index (χ2v) is 8.71. The average molecular weight is 387 g/mol. The number of benzene rings is 1. The van der Waals surface area contributed by atoms with Gasteiger partial charge in [0.1, 0.15) is 0 Å². The van der Waals surface area contributed by atoms with Crippen LogP contribution in [0.1, 0.15) is 44.6 Å². The van der Waals surface area contributed by atoms with E-state index in [2.05, 4.69) is 52.4 Å². The van der Waals surface area contributed by atoms with Crippen LogP contribution in [-0.4, -0.2) is 73.1 Å². The standard InChI is InChI=1S/C23H38N4O/c1-20-9-11-22(12-10-20)25(2)23(28)24-13-6-14-26-15-17-27(18-16-26)19-21-7-4-3-5-8-21/h3-5,7-8,20,22H,6,9-19H2,1-2H3,(H,24,28). The Morgan fingerprint density at radius 2 is 1.68 bits per heavy atom. The third kappa shape index (κ3) is 6.49. The molecule has 0 spiro atoms. The van der Waals surface area contributed by atoms with E-state index in [1.165, 1.54) is 18.4 Å². The molecule has 28 heavy (non-hydrogen) atoms. The van der Waals surface area contributed by atoms with Crippen molar-refractivity contribution < 1.29 is 4.79 Å². The monoisotopic (exact) mass is 386 g/mol. The summed E-state index contributed by atoms with van der Waals surface area (Å²) >= 11 is 0. The zero-order valence-electron chi connectivity index (χ0n) is 17.8. The fraction of sp³-hybridized carbons (Fsp3) is 0.696. The first-order chi connectivity index (χ1) is 13.6. The summed E-state index contributed by atoms with van der Waals surface area (Å²) in [5.41, 5.74) is 1.40. The Kier molecular flexibility index (Phi) is 8.16. The number of carbonyl (C=O) groups excluding carboxylic acids is 1. The van der Waals surface area contributed by atoms with Crippen molar-refractivity contribution in [3.63, 3.8) is 0 Å². The molecule has 1 aromatic carbocycles. The highest BCUT2D eigenvalue weighted by atomic mass is 16.2. The molecule has 2 amide bonds. The topological polar surface area (TPSA) is 38.8 Å². The fourth-order valence-electron chi connectivity index (χ4n) is 4.43. The van der Waals surface area contributed by atoms with Gasteiger partial charge in [-0.05, 0) is 50.1 Å². The first-order valence-electron chi connectivity index (χ1n) is 11.1. The number of nitrogens with zero attached hydrogens (tertiary/aromatic N) is 3. The second kappa shape index (κ2) is 10.8. The number of amides is 2. The predicted octanol–water partition coefficient (Wildman–Crippen LogP) is 3.41. The van der Waals surface area contributed by atoms with Gasteiger partial charge in [-0.25, -0.2) is 4.79 Å². The van der Waals surface area contributed by atoms with Crippen molar-refractivity contribution in [2.24, 2.45) is 5.92 Å². The number of rotatable bonds is 7. The van der Waals surface area contributed by atoms with E-state index in [1.807, 2.05) is 11.9 Å². The summed E-state index contributed by atoms with van der Waals surface area (Å²) in [5.74, 6) is 0.820. The van der Waals surface area contributed by atoms with Crippen LogP contribution in [-0.2, 0) is 6.54 Å². The highest BCUT2D eigenvalue weighted by molar-refractivity contribution is 5.74. The zero-order chi connectivity index (χ0) is 19.8. The van der Waals surface area contributed by atoms with Crippen LogP contribution >= 0.6 is 0 Å². The molecule has 2 aliphatic rings. The van der Waals surface area contributed by atoms with Crippen LogP contribution in [0.5, 0.6) is 0 Å². The second-order valence-electron chi connectivity index (χ2n) is 8.71. The minimum atomic E-state index is 0.104. The maximum Gasteiger partial charge on any atom is 0.317 e. The van der Waals surface area contributed by atoms with Gasteiger partial charge in [0.2, 0.25) is 0 Å². The molecule has 0 radical (unpaired) electrons. The summed E-state index contributed by atoms with van der Waals surface area (Å²) in [6.45, 7) is 9.73. The summed E-state index contributed by atoms with van der Waals surface area (Å²) in [4.78, 5) is 19.4. The lowest BCUT2D eigenvalue weighted by Crippen LogP contribution is -2.47. The lowest BCUT2D eigenvalue weighted by molar-refractivity contribution is 0.125. The Morgan fingerprint density at radius 3 is 2.36 bits per heavy atom. The maximum absolute atomic E-state index is 12.4. The lowest BCUT2D eigenvalue weighted by atomic mass is 9.87. The van der Waals surface area contributed by atoms with E-state index >= 15 is 0 Å². The van der Waals surface area contributed by atoms with Crippen LogP contribution in [0.3, 0.4) is 0 Å². The van der Waals surface area contributed by atoms with E-state index in [0.717, 1.165) is 71.0 Å². The van der Waals surface area contributed by atoms with Crippen molar-refractivity contribution in [2.45, 2.75) is 51.6 Å². The first-order valence-corrected chi connectivity index (χ1v) is 11.1. The highest BCUT2D eigenvalue weighted by Gasteiger charge is 2.24. The normalized spacial score (nSPS) is 24.1. The van der Waals surface area contributed by atoms with Gasteiger partial charge in [0.25, 0.3) is 0 Å². The van der Waals surface area contributed by atoms with Crippen molar-refractivity contribution in [3.8, 4) is 0 Å². The van der Waals surface area contributed by atoms with Gasteiger partial charge in [0.15, 0.2) is 0 Å². The van der Waals surface area contributed by atoms with Crippen LogP contribution in [0.15, 0.2) is 30.3 Å². The quantitative estimate of drug-likeness (QED) is 0.730. The number of nitrogens with one attached hydrogen (secondary N) is 1. The molecule has 0 unspecified atom stereocenters. The van der Waals surface area contributed by atoms with E-state index in [-0.39, 0.29) is 6.03 Å². The third-order valence-corrected chi connectivity index (χ3v) is 6.49. The van der Waals surface area contributed by atoms with E-state index < -0.39 is 0 Å². The molecule has 0 bridgehead atoms. The molecule has 3 rings (SSSR count). The fourth-order valence-corrected chi connectivity index (χ4v) is 4.43. The molecule has 5 heteroatoms. The van der Waals surface area contributed by atoms with E-state index in [9.17, 15) is 4.79 Å². The van der Waals surface area contributed by atoms with Crippen molar-refractivity contribution in [1.29, 1.82) is 0 Å². The molecule has 1 N–H and O–H groups in total. The molecular formula is C23H38N4O. The number of urea groups is 1. The Bertz CT molecular complexity index is 578. The Morgan fingerprint density at radius 1 is 1.04 bits per heavy atom. The van der Waals surface area contributed by atoms with Gasteiger partial charge in [-0.1, -0.05) is 37.3 Å². The summed E-state index contributed by atoms with van der Waals surface area (Å²) in [7, 11) is 1.96. The molecule has 156 valence electrons. The minimum absolute atomic E-state index is 0.104. The highest BCUT2D eigenvalue weighted by Crippen LogP contribution is 2.26. The lowest BCUT2D eigenvalue weighted by Gasteiger charge is -2.35. The molecule has 0 aromatic heterocycles. The van der Waals surface area contributed by atoms with Gasteiger partial charge in [0, 0.05) is 52.4 Å². The molecular weight excluding hydrogens is 348 g/mol. The van der Waals surface area contributed by atoms with Gasteiger partial charge in [-0.15, -0.1) is 0 Å². The molecule has 1 aliphatic heterocycles. The van der Waals surface area contributed by atoms with Gasteiger partial charge >= 0.3 is 6.03 Å². The van der Waals surface area contributed by atoms with Crippen molar-refractivity contribution >= 4 is 6.03 Å². The van der Waals surface area contributed by atoms with Crippen LogP contribution in [0.2, 0.25) is 0 Å². The van der Waals surface area contributed by atoms with Gasteiger partial charge < -0.3 is 15.1 Å². The number of piperazine rings is 1. The summed E-state index contributed by atoms with van der Waals surface area (Å²) in [6.07, 6.45) is 5.83. The molecule has 1 saturated heterocycles. The minimum Gasteiger partial charge on any atom is -0.338 e. The summed E-state index contributed by atoms with van der Waals surface area (Å²) < 4.78 is 0. The number of hydrogen-bond donors (Lipinski definition) is 1. The molecule has 1 saturated carbocycles. The largest absolute Gasteiger partial charge is 0.338 e. The molecule has 5 nitrogen and oxygen atoms in total. The van der Waals surface area contributed by atoms with Crippen LogP contribution < -0.4 is 5.32 Å². The zero-order valence-corrected chi connectivity index (χ0v) is 17.8. The first kappa shape index (κ1) is 21.1.